The zero-order chi connectivity index (χ0) is 24.8. The number of hydrogen-bond donors (Lipinski definition) is 2. The third kappa shape index (κ3) is 5.94. The van der Waals surface area contributed by atoms with Crippen molar-refractivity contribution in [2.75, 3.05) is 25.0 Å². The minimum atomic E-state index is -0.391. The summed E-state index contributed by atoms with van der Waals surface area (Å²) >= 11 is 0. The largest absolute Gasteiger partial charge is 0.444 e. The molecule has 186 valence electrons. The Morgan fingerprint density at radius 3 is 2.42 bits per heavy atom. The van der Waals surface area contributed by atoms with Crippen LogP contribution < -0.4 is 10.6 Å². The molecule has 2 heterocycles. The highest BCUT2D eigenvalue weighted by atomic mass is 16.5. The summed E-state index contributed by atoms with van der Waals surface area (Å²) in [5.74, 6) is 0.000449. The van der Waals surface area contributed by atoms with Crippen LogP contribution in [0.15, 0.2) is 78.9 Å². The Labute approximate surface area is 212 Å². The fourth-order valence-corrected chi connectivity index (χ4v) is 5.25. The monoisotopic (exact) mass is 483 g/mol. The van der Waals surface area contributed by atoms with E-state index in [4.69, 9.17) is 4.74 Å². The molecule has 1 saturated heterocycles. The molecule has 6 nitrogen and oxygen atoms in total. The predicted octanol–water partition coefficient (Wildman–Crippen LogP) is 5.39. The van der Waals surface area contributed by atoms with Gasteiger partial charge in [-0.3, -0.25) is 15.0 Å². The lowest BCUT2D eigenvalue weighted by atomic mass is 9.74. The van der Waals surface area contributed by atoms with Crippen LogP contribution in [0.2, 0.25) is 0 Å². The van der Waals surface area contributed by atoms with Crippen molar-refractivity contribution in [3.05, 3.63) is 101 Å². The van der Waals surface area contributed by atoms with E-state index in [9.17, 15) is 9.59 Å². The predicted molar refractivity (Wildman–Crippen MR) is 141 cm³/mol. The van der Waals surface area contributed by atoms with Crippen LogP contribution in [0.1, 0.15) is 46.3 Å². The molecule has 3 aromatic carbocycles. The van der Waals surface area contributed by atoms with Crippen molar-refractivity contribution < 1.29 is 14.3 Å². The second-order valence-electron chi connectivity index (χ2n) is 10.0. The van der Waals surface area contributed by atoms with Crippen LogP contribution in [0.25, 0.3) is 0 Å². The SMILES string of the molecule is O=C1Nc2ccc(CN3CCC(CCc4ccccc4)(CNC(=O)c4ccccc4)CC3)cc2CO1. The molecule has 0 radical (unpaired) electrons. The molecule has 5 rings (SSSR count). The van der Waals surface area contributed by atoms with E-state index in [1.54, 1.807) is 0 Å². The van der Waals surface area contributed by atoms with Crippen LogP contribution in [0, 0.1) is 5.41 Å². The molecule has 1 fully saturated rings. The van der Waals surface area contributed by atoms with E-state index in [1.807, 2.05) is 36.4 Å². The Kier molecular flexibility index (Phi) is 7.33. The van der Waals surface area contributed by atoms with Gasteiger partial charge in [0.25, 0.3) is 5.91 Å². The molecule has 0 saturated carbocycles. The highest BCUT2D eigenvalue weighted by Crippen LogP contribution is 2.36. The Balaban J connectivity index is 1.22. The summed E-state index contributed by atoms with van der Waals surface area (Å²) in [5, 5.41) is 6.00. The number of benzene rings is 3. The molecular weight excluding hydrogens is 450 g/mol. The van der Waals surface area contributed by atoms with Crippen molar-refractivity contribution in [2.45, 2.75) is 38.8 Å². The third-order valence-corrected chi connectivity index (χ3v) is 7.53. The van der Waals surface area contributed by atoms with Crippen LogP contribution in [0.3, 0.4) is 0 Å². The number of ether oxygens (including phenoxy) is 1. The van der Waals surface area contributed by atoms with Gasteiger partial charge in [-0.15, -0.1) is 0 Å². The molecule has 0 aliphatic carbocycles. The van der Waals surface area contributed by atoms with Gasteiger partial charge in [-0.05, 0) is 79.6 Å². The lowest BCUT2D eigenvalue weighted by Gasteiger charge is -2.42. The molecule has 36 heavy (non-hydrogen) atoms. The van der Waals surface area contributed by atoms with Crippen molar-refractivity contribution >= 4 is 17.7 Å². The number of hydrogen-bond acceptors (Lipinski definition) is 4. The quantitative estimate of drug-likeness (QED) is 0.450. The van der Waals surface area contributed by atoms with Gasteiger partial charge in [-0.2, -0.15) is 0 Å². The maximum absolute atomic E-state index is 12.8. The van der Waals surface area contributed by atoms with E-state index >= 15 is 0 Å². The summed E-state index contributed by atoms with van der Waals surface area (Å²) in [5.41, 5.74) is 5.21. The van der Waals surface area contributed by atoms with E-state index in [0.717, 1.165) is 56.6 Å². The zero-order valence-corrected chi connectivity index (χ0v) is 20.5. The molecular formula is C30H33N3O3. The normalized spacial score (nSPS) is 16.9. The molecule has 2 aliphatic heterocycles. The van der Waals surface area contributed by atoms with Gasteiger partial charge in [0.1, 0.15) is 6.61 Å². The van der Waals surface area contributed by atoms with Gasteiger partial charge >= 0.3 is 6.09 Å². The van der Waals surface area contributed by atoms with Crippen molar-refractivity contribution in [3.63, 3.8) is 0 Å². The fourth-order valence-electron chi connectivity index (χ4n) is 5.25. The number of carbonyl (C=O) groups is 2. The number of nitrogens with zero attached hydrogens (tertiary/aromatic N) is 1. The second-order valence-corrected chi connectivity index (χ2v) is 10.0. The van der Waals surface area contributed by atoms with E-state index < -0.39 is 6.09 Å². The van der Waals surface area contributed by atoms with E-state index in [-0.39, 0.29) is 11.3 Å². The standard InChI is InChI=1S/C30H33N3O3/c34-28(25-9-5-2-6-10-25)31-22-30(14-13-23-7-3-1-4-8-23)15-17-33(18-16-30)20-24-11-12-27-26(19-24)21-36-29(35)32-27/h1-12,19H,13-18,20-22H2,(H,31,34)(H,32,35). The number of anilines is 1. The van der Waals surface area contributed by atoms with Gasteiger partial charge in [0, 0.05) is 24.2 Å². The minimum Gasteiger partial charge on any atom is -0.444 e. The first-order valence-corrected chi connectivity index (χ1v) is 12.7. The van der Waals surface area contributed by atoms with Crippen molar-refractivity contribution in [1.82, 2.24) is 10.2 Å². The van der Waals surface area contributed by atoms with Crippen molar-refractivity contribution in [3.8, 4) is 0 Å². The average molecular weight is 484 g/mol. The van der Waals surface area contributed by atoms with E-state index in [2.05, 4.69) is 58.0 Å². The van der Waals surface area contributed by atoms with Crippen molar-refractivity contribution in [1.29, 1.82) is 0 Å². The number of likely N-dealkylation sites (tertiary alicyclic amines) is 1. The van der Waals surface area contributed by atoms with Gasteiger partial charge < -0.3 is 10.1 Å². The molecule has 2 aliphatic rings. The lowest BCUT2D eigenvalue weighted by molar-refractivity contribution is 0.0769. The van der Waals surface area contributed by atoms with Crippen LogP contribution in [0.4, 0.5) is 10.5 Å². The fraction of sp³-hybridized carbons (Fsp3) is 0.333. The molecule has 3 aromatic rings. The van der Waals surface area contributed by atoms with Gasteiger partial charge in [0.15, 0.2) is 0 Å². The number of carbonyl (C=O) groups excluding carboxylic acids is 2. The number of rotatable bonds is 8. The maximum atomic E-state index is 12.8. The van der Waals surface area contributed by atoms with Crippen LogP contribution in [-0.4, -0.2) is 36.5 Å². The topological polar surface area (TPSA) is 70.7 Å². The summed E-state index contributed by atoms with van der Waals surface area (Å²) < 4.78 is 5.12. The highest BCUT2D eigenvalue weighted by molar-refractivity contribution is 5.94. The number of cyclic esters (lactones) is 1. The number of amides is 2. The number of fused-ring (bicyclic) bond motifs is 1. The number of aryl methyl sites for hydroxylation is 1. The first-order valence-electron chi connectivity index (χ1n) is 12.7. The van der Waals surface area contributed by atoms with Crippen molar-refractivity contribution in [2.24, 2.45) is 5.41 Å². The van der Waals surface area contributed by atoms with Gasteiger partial charge in [-0.25, -0.2) is 4.79 Å². The van der Waals surface area contributed by atoms with Gasteiger partial charge in [0.05, 0.1) is 5.69 Å². The van der Waals surface area contributed by atoms with E-state index in [1.165, 1.54) is 11.1 Å². The Hall–Kier alpha value is -3.64. The van der Waals surface area contributed by atoms with Gasteiger partial charge in [-0.1, -0.05) is 54.6 Å². The Bertz CT molecular complexity index is 1190. The third-order valence-electron chi connectivity index (χ3n) is 7.53. The summed E-state index contributed by atoms with van der Waals surface area (Å²) in [7, 11) is 0. The molecule has 0 bridgehead atoms. The minimum absolute atomic E-state index is 0.000449. The molecule has 2 amide bonds. The molecule has 0 atom stereocenters. The summed E-state index contributed by atoms with van der Waals surface area (Å²) in [4.78, 5) is 26.7. The van der Waals surface area contributed by atoms with Crippen LogP contribution in [-0.2, 0) is 24.3 Å². The average Bonchev–Trinajstić information content (AvgIpc) is 2.93. The summed E-state index contributed by atoms with van der Waals surface area (Å²) in [6, 6.07) is 26.3. The second kappa shape index (κ2) is 11.0. The first-order chi connectivity index (χ1) is 17.6. The molecule has 2 N–H and O–H groups in total. The number of nitrogens with one attached hydrogen (secondary N) is 2. The molecule has 0 spiro atoms. The summed E-state index contributed by atoms with van der Waals surface area (Å²) in [6.45, 7) is 3.85. The summed E-state index contributed by atoms with van der Waals surface area (Å²) in [6.07, 6.45) is 3.75. The highest BCUT2D eigenvalue weighted by Gasteiger charge is 2.35. The van der Waals surface area contributed by atoms with Gasteiger partial charge in [0.2, 0.25) is 0 Å². The maximum Gasteiger partial charge on any atom is 0.411 e. The Morgan fingerprint density at radius 2 is 1.67 bits per heavy atom. The molecule has 6 heteroatoms. The van der Waals surface area contributed by atoms with Crippen LogP contribution in [0.5, 0.6) is 0 Å². The number of piperidine rings is 1. The zero-order valence-electron chi connectivity index (χ0n) is 20.5. The first kappa shape index (κ1) is 24.1. The van der Waals surface area contributed by atoms with E-state index in [0.29, 0.717) is 18.7 Å². The lowest BCUT2D eigenvalue weighted by Crippen LogP contribution is -2.46. The smallest absolute Gasteiger partial charge is 0.411 e. The molecule has 0 unspecified atom stereocenters. The Morgan fingerprint density at radius 1 is 0.944 bits per heavy atom. The molecule has 0 aromatic heterocycles. The van der Waals surface area contributed by atoms with Crippen LogP contribution >= 0.6 is 0 Å².